The summed E-state index contributed by atoms with van der Waals surface area (Å²) >= 11 is 1.06. The molecule has 4 rings (SSSR count). The van der Waals surface area contributed by atoms with Gasteiger partial charge in [-0.3, -0.25) is 4.79 Å². The molecule has 2 aromatic carbocycles. The minimum Gasteiger partial charge on any atom is -0.497 e. The Morgan fingerprint density at radius 1 is 1.14 bits per heavy atom. The first-order valence-electron chi connectivity index (χ1n) is 9.26. The van der Waals surface area contributed by atoms with E-state index in [0.29, 0.717) is 34.9 Å². The zero-order valence-electron chi connectivity index (χ0n) is 16.0. The van der Waals surface area contributed by atoms with E-state index in [9.17, 15) is 9.18 Å². The van der Waals surface area contributed by atoms with E-state index in [2.05, 4.69) is 9.27 Å². The van der Waals surface area contributed by atoms with Crippen LogP contribution in [0.2, 0.25) is 0 Å². The van der Waals surface area contributed by atoms with Crippen molar-refractivity contribution in [2.45, 2.75) is 0 Å². The van der Waals surface area contributed by atoms with Gasteiger partial charge in [0.25, 0.3) is 5.91 Å². The standard InChI is InChI=1S/C21H21FN4O2S/c1-28-17-7-5-16(6-8-17)25-9-11-26(12-10-25)21(27)20-18(23)19(24-29-20)14-3-2-4-15(22)13-14/h2-8,13H,9-12,23H2,1H3. The number of carbonyl (C=O) groups is 1. The van der Waals surface area contributed by atoms with Crippen LogP contribution in [0.25, 0.3) is 11.3 Å². The molecule has 3 aromatic rings. The van der Waals surface area contributed by atoms with Crippen LogP contribution in [-0.4, -0.2) is 48.5 Å². The quantitative estimate of drug-likeness (QED) is 0.710. The second-order valence-electron chi connectivity index (χ2n) is 6.76. The van der Waals surface area contributed by atoms with Crippen molar-refractivity contribution in [1.29, 1.82) is 0 Å². The smallest absolute Gasteiger partial charge is 0.267 e. The van der Waals surface area contributed by atoms with Crippen LogP contribution < -0.4 is 15.4 Å². The molecule has 2 N–H and O–H groups in total. The van der Waals surface area contributed by atoms with Crippen LogP contribution in [0.1, 0.15) is 9.67 Å². The SMILES string of the molecule is COc1ccc(N2CCN(C(=O)c3snc(-c4cccc(F)c4)c3N)CC2)cc1. The highest BCUT2D eigenvalue weighted by Crippen LogP contribution is 2.32. The van der Waals surface area contributed by atoms with Gasteiger partial charge in [0.05, 0.1) is 12.8 Å². The van der Waals surface area contributed by atoms with Gasteiger partial charge < -0.3 is 20.3 Å². The number of methoxy groups -OCH3 is 1. The zero-order chi connectivity index (χ0) is 20.4. The number of amides is 1. The van der Waals surface area contributed by atoms with Crippen molar-refractivity contribution in [3.05, 3.63) is 59.2 Å². The second kappa shape index (κ2) is 8.08. The van der Waals surface area contributed by atoms with Gasteiger partial charge in [-0.2, -0.15) is 4.37 Å². The molecular formula is C21H21FN4O2S. The predicted molar refractivity (Wildman–Crippen MR) is 113 cm³/mol. The van der Waals surface area contributed by atoms with Gasteiger partial charge in [0, 0.05) is 37.4 Å². The molecule has 150 valence electrons. The number of nitrogens with two attached hydrogens (primary N) is 1. The fraction of sp³-hybridized carbons (Fsp3) is 0.238. The van der Waals surface area contributed by atoms with Gasteiger partial charge in [-0.15, -0.1) is 0 Å². The third-order valence-corrected chi connectivity index (χ3v) is 5.88. The fourth-order valence-electron chi connectivity index (χ4n) is 3.40. The van der Waals surface area contributed by atoms with Crippen LogP contribution in [0, 0.1) is 5.82 Å². The molecule has 0 aliphatic carbocycles. The Kier molecular flexibility index (Phi) is 5.35. The Balaban J connectivity index is 1.44. The van der Waals surface area contributed by atoms with Crippen LogP contribution in [0.4, 0.5) is 15.8 Å². The van der Waals surface area contributed by atoms with Crippen molar-refractivity contribution < 1.29 is 13.9 Å². The van der Waals surface area contributed by atoms with Gasteiger partial charge in [0.1, 0.15) is 22.1 Å². The van der Waals surface area contributed by atoms with Crippen molar-refractivity contribution in [3.8, 4) is 17.0 Å². The molecule has 1 amide bonds. The molecule has 0 spiro atoms. The number of aromatic nitrogens is 1. The summed E-state index contributed by atoms with van der Waals surface area (Å²) in [5.41, 5.74) is 8.63. The van der Waals surface area contributed by atoms with E-state index < -0.39 is 0 Å². The molecule has 1 fully saturated rings. The van der Waals surface area contributed by atoms with Gasteiger partial charge in [0.2, 0.25) is 0 Å². The third-order valence-electron chi connectivity index (χ3n) is 5.02. The van der Waals surface area contributed by atoms with Gasteiger partial charge in [-0.05, 0) is 47.9 Å². The van der Waals surface area contributed by atoms with E-state index in [0.717, 1.165) is 36.1 Å². The first kappa shape index (κ1) is 19.2. The average molecular weight is 412 g/mol. The van der Waals surface area contributed by atoms with Crippen molar-refractivity contribution in [2.24, 2.45) is 0 Å². The topological polar surface area (TPSA) is 71.7 Å². The van der Waals surface area contributed by atoms with Crippen molar-refractivity contribution >= 4 is 28.8 Å². The van der Waals surface area contributed by atoms with E-state index in [4.69, 9.17) is 10.5 Å². The first-order valence-corrected chi connectivity index (χ1v) is 10.0. The lowest BCUT2D eigenvalue weighted by atomic mass is 10.1. The minimum absolute atomic E-state index is 0.128. The molecule has 2 heterocycles. The first-order chi connectivity index (χ1) is 14.1. The largest absolute Gasteiger partial charge is 0.497 e. The number of hydrogen-bond donors (Lipinski definition) is 1. The Bertz CT molecular complexity index is 1010. The van der Waals surface area contributed by atoms with Crippen LogP contribution in [0.3, 0.4) is 0 Å². The maximum atomic E-state index is 13.5. The van der Waals surface area contributed by atoms with Gasteiger partial charge in [-0.25, -0.2) is 4.39 Å². The number of nitrogen functional groups attached to an aromatic ring is 1. The van der Waals surface area contributed by atoms with Crippen LogP contribution in [0.5, 0.6) is 5.75 Å². The Morgan fingerprint density at radius 2 is 1.86 bits per heavy atom. The normalized spacial score (nSPS) is 14.1. The summed E-state index contributed by atoms with van der Waals surface area (Å²) in [4.78, 5) is 17.4. The molecule has 0 atom stereocenters. The maximum absolute atomic E-state index is 13.5. The van der Waals surface area contributed by atoms with E-state index in [1.54, 1.807) is 24.1 Å². The summed E-state index contributed by atoms with van der Waals surface area (Å²) in [6, 6.07) is 14.0. The summed E-state index contributed by atoms with van der Waals surface area (Å²) in [5.74, 6) is 0.326. The van der Waals surface area contributed by atoms with E-state index >= 15 is 0 Å². The lowest BCUT2D eigenvalue weighted by molar-refractivity contribution is 0.0752. The van der Waals surface area contributed by atoms with Crippen LogP contribution in [0.15, 0.2) is 48.5 Å². The van der Waals surface area contributed by atoms with E-state index in [1.807, 2.05) is 24.3 Å². The summed E-state index contributed by atoms with van der Waals surface area (Å²) in [6.45, 7) is 2.65. The highest BCUT2D eigenvalue weighted by molar-refractivity contribution is 7.09. The molecule has 0 bridgehead atoms. The number of halogens is 1. The molecule has 29 heavy (non-hydrogen) atoms. The number of carbonyl (C=O) groups excluding carboxylic acids is 1. The van der Waals surface area contributed by atoms with E-state index in [1.165, 1.54) is 12.1 Å². The highest BCUT2D eigenvalue weighted by Gasteiger charge is 2.27. The van der Waals surface area contributed by atoms with Crippen molar-refractivity contribution in [3.63, 3.8) is 0 Å². The Labute approximate surface area is 172 Å². The van der Waals surface area contributed by atoms with Crippen LogP contribution in [-0.2, 0) is 0 Å². The van der Waals surface area contributed by atoms with Gasteiger partial charge in [-0.1, -0.05) is 12.1 Å². The number of rotatable bonds is 4. The number of piperazine rings is 1. The lowest BCUT2D eigenvalue weighted by Gasteiger charge is -2.36. The summed E-state index contributed by atoms with van der Waals surface area (Å²) < 4.78 is 23.0. The molecule has 1 aromatic heterocycles. The van der Waals surface area contributed by atoms with Crippen LogP contribution >= 0.6 is 11.5 Å². The molecule has 0 unspecified atom stereocenters. The molecule has 1 saturated heterocycles. The number of anilines is 2. The molecule has 8 heteroatoms. The zero-order valence-corrected chi connectivity index (χ0v) is 16.8. The number of hydrogen-bond acceptors (Lipinski definition) is 6. The number of nitrogens with zero attached hydrogens (tertiary/aromatic N) is 3. The van der Waals surface area contributed by atoms with E-state index in [-0.39, 0.29) is 11.7 Å². The minimum atomic E-state index is -0.363. The molecule has 0 radical (unpaired) electrons. The maximum Gasteiger partial charge on any atom is 0.267 e. The Hall–Kier alpha value is -3.13. The monoisotopic (exact) mass is 412 g/mol. The number of ether oxygens (including phenoxy) is 1. The fourth-order valence-corrected chi connectivity index (χ4v) is 4.19. The second-order valence-corrected chi connectivity index (χ2v) is 7.53. The molecular weight excluding hydrogens is 391 g/mol. The molecule has 1 aliphatic rings. The van der Waals surface area contributed by atoms with Crippen molar-refractivity contribution in [1.82, 2.24) is 9.27 Å². The highest BCUT2D eigenvalue weighted by atomic mass is 32.1. The van der Waals surface area contributed by atoms with Gasteiger partial charge >= 0.3 is 0 Å². The summed E-state index contributed by atoms with van der Waals surface area (Å²) in [6.07, 6.45) is 0. The number of benzene rings is 2. The average Bonchev–Trinajstić information content (AvgIpc) is 3.15. The summed E-state index contributed by atoms with van der Waals surface area (Å²) in [7, 11) is 1.64. The molecule has 0 saturated carbocycles. The molecule has 1 aliphatic heterocycles. The predicted octanol–water partition coefficient (Wildman–Crippen LogP) is 3.50. The van der Waals surface area contributed by atoms with Gasteiger partial charge in [0.15, 0.2) is 0 Å². The summed E-state index contributed by atoms with van der Waals surface area (Å²) in [5, 5.41) is 0. The van der Waals surface area contributed by atoms with Crippen molar-refractivity contribution in [2.75, 3.05) is 43.9 Å². The molecule has 6 nitrogen and oxygen atoms in total. The third kappa shape index (κ3) is 3.88. The Morgan fingerprint density at radius 3 is 2.52 bits per heavy atom. The lowest BCUT2D eigenvalue weighted by Crippen LogP contribution is -2.48.